The lowest BCUT2D eigenvalue weighted by Crippen LogP contribution is -2.55. The normalized spacial score (nSPS) is 17.8. The molecule has 0 aliphatic carbocycles. The van der Waals surface area contributed by atoms with E-state index in [1.54, 1.807) is 34.1 Å². The van der Waals surface area contributed by atoms with Gasteiger partial charge in [0.1, 0.15) is 12.4 Å². The highest BCUT2D eigenvalue weighted by Gasteiger charge is 2.33. The molecule has 1 fully saturated rings. The topological polar surface area (TPSA) is 59.1 Å². The Labute approximate surface area is 188 Å². The number of thiophene rings is 1. The molecule has 2 aliphatic rings. The molecule has 8 heteroatoms. The lowest BCUT2D eigenvalue weighted by Gasteiger charge is -2.37. The molecule has 6 nitrogen and oxygen atoms in total. The van der Waals surface area contributed by atoms with Crippen LogP contribution in [0.25, 0.3) is 10.4 Å². The van der Waals surface area contributed by atoms with E-state index in [-0.39, 0.29) is 24.2 Å². The zero-order chi connectivity index (χ0) is 22.1. The first-order chi connectivity index (χ1) is 15.6. The lowest BCUT2D eigenvalue weighted by atomic mass is 10.2. The Bertz CT molecular complexity index is 1140. The first-order valence-corrected chi connectivity index (χ1v) is 11.2. The Balaban J connectivity index is 1.18. The van der Waals surface area contributed by atoms with Crippen molar-refractivity contribution in [3.05, 3.63) is 71.4 Å². The van der Waals surface area contributed by atoms with Crippen molar-refractivity contribution < 1.29 is 23.5 Å². The molecular formula is C24H21FN2O4S. The number of halogens is 1. The van der Waals surface area contributed by atoms with Crippen LogP contribution < -0.4 is 9.47 Å². The molecule has 2 aromatic carbocycles. The Morgan fingerprint density at radius 3 is 2.31 bits per heavy atom. The molecule has 0 saturated carbocycles. The quantitative estimate of drug-likeness (QED) is 0.608. The summed E-state index contributed by atoms with van der Waals surface area (Å²) in [6.45, 7) is 1.98. The molecule has 32 heavy (non-hydrogen) atoms. The van der Waals surface area contributed by atoms with Crippen LogP contribution in [0.1, 0.15) is 9.67 Å². The number of nitrogens with zero attached hydrogens (tertiary/aromatic N) is 2. The van der Waals surface area contributed by atoms with Crippen molar-refractivity contribution in [1.82, 2.24) is 9.80 Å². The molecule has 5 rings (SSSR count). The van der Waals surface area contributed by atoms with Crippen molar-refractivity contribution in [3.63, 3.8) is 0 Å². The number of carbonyl (C=O) groups is 2. The standard InChI is InChI=1S/C24H21FN2O4S/c25-17-7-5-16(6-8-17)21-9-10-22(32-21)24(29)27-13-11-26(12-14-27)23(28)20-15-30-18-3-1-2-4-19(18)31-20/h1-10,20H,11-15H2/t20-/m1/s1. The molecule has 2 aliphatic heterocycles. The Morgan fingerprint density at radius 1 is 0.875 bits per heavy atom. The van der Waals surface area contributed by atoms with Crippen LogP contribution in [0.4, 0.5) is 4.39 Å². The number of carbonyl (C=O) groups excluding carboxylic acids is 2. The summed E-state index contributed by atoms with van der Waals surface area (Å²) < 4.78 is 24.6. The molecule has 1 saturated heterocycles. The maximum atomic E-state index is 13.2. The average Bonchev–Trinajstić information content (AvgIpc) is 3.34. The van der Waals surface area contributed by atoms with Gasteiger partial charge < -0.3 is 19.3 Å². The Kier molecular flexibility index (Phi) is 5.53. The smallest absolute Gasteiger partial charge is 0.267 e. The van der Waals surface area contributed by atoms with Gasteiger partial charge in [0.2, 0.25) is 6.10 Å². The van der Waals surface area contributed by atoms with Crippen molar-refractivity contribution in [2.24, 2.45) is 0 Å². The van der Waals surface area contributed by atoms with Crippen molar-refractivity contribution in [1.29, 1.82) is 0 Å². The zero-order valence-corrected chi connectivity index (χ0v) is 18.0. The number of hydrogen-bond acceptors (Lipinski definition) is 5. The third-order valence-corrected chi connectivity index (χ3v) is 6.73. The van der Waals surface area contributed by atoms with Crippen LogP contribution >= 0.6 is 11.3 Å². The van der Waals surface area contributed by atoms with E-state index in [9.17, 15) is 14.0 Å². The SMILES string of the molecule is O=C(c1ccc(-c2ccc(F)cc2)s1)N1CCN(C(=O)[C@H]2COc3ccccc3O2)CC1. The summed E-state index contributed by atoms with van der Waals surface area (Å²) in [7, 11) is 0. The summed E-state index contributed by atoms with van der Waals surface area (Å²) in [5, 5.41) is 0. The Hall–Kier alpha value is -3.39. The van der Waals surface area contributed by atoms with E-state index in [4.69, 9.17) is 9.47 Å². The molecule has 1 aromatic heterocycles. The van der Waals surface area contributed by atoms with E-state index < -0.39 is 6.10 Å². The molecule has 1 atom stereocenters. The molecular weight excluding hydrogens is 431 g/mol. The third-order valence-electron chi connectivity index (χ3n) is 5.61. The third kappa shape index (κ3) is 4.05. The molecule has 0 radical (unpaired) electrons. The van der Waals surface area contributed by atoms with Crippen molar-refractivity contribution in [2.75, 3.05) is 32.8 Å². The lowest BCUT2D eigenvalue weighted by molar-refractivity contribution is -0.142. The molecule has 3 aromatic rings. The number of ether oxygens (including phenoxy) is 2. The van der Waals surface area contributed by atoms with Crippen LogP contribution in [-0.2, 0) is 4.79 Å². The van der Waals surface area contributed by atoms with E-state index in [0.29, 0.717) is 42.6 Å². The molecule has 0 N–H and O–H groups in total. The summed E-state index contributed by atoms with van der Waals surface area (Å²) in [5.74, 6) is 0.745. The van der Waals surface area contributed by atoms with Crippen molar-refractivity contribution in [3.8, 4) is 21.9 Å². The van der Waals surface area contributed by atoms with Crippen LogP contribution in [0, 0.1) is 5.82 Å². The summed E-state index contributed by atoms with van der Waals surface area (Å²) in [4.78, 5) is 30.9. The molecule has 0 spiro atoms. The summed E-state index contributed by atoms with van der Waals surface area (Å²) in [6, 6.07) is 17.2. The highest BCUT2D eigenvalue weighted by atomic mass is 32.1. The second-order valence-electron chi connectivity index (χ2n) is 7.65. The number of rotatable bonds is 3. The van der Waals surface area contributed by atoms with Crippen LogP contribution in [-0.4, -0.2) is 60.5 Å². The van der Waals surface area contributed by atoms with Crippen molar-refractivity contribution >= 4 is 23.2 Å². The second-order valence-corrected chi connectivity index (χ2v) is 8.74. The fraction of sp³-hybridized carbons (Fsp3) is 0.250. The first-order valence-electron chi connectivity index (χ1n) is 10.4. The highest BCUT2D eigenvalue weighted by molar-refractivity contribution is 7.17. The predicted octanol–water partition coefficient (Wildman–Crippen LogP) is 3.68. The average molecular weight is 453 g/mol. The molecule has 3 heterocycles. The van der Waals surface area contributed by atoms with Gasteiger partial charge in [0, 0.05) is 31.1 Å². The summed E-state index contributed by atoms with van der Waals surface area (Å²) in [6.07, 6.45) is -0.678. The van der Waals surface area contributed by atoms with Gasteiger partial charge in [-0.1, -0.05) is 24.3 Å². The van der Waals surface area contributed by atoms with Gasteiger partial charge in [0.05, 0.1) is 4.88 Å². The minimum atomic E-state index is -0.678. The maximum absolute atomic E-state index is 13.2. The number of para-hydroxylation sites is 2. The fourth-order valence-electron chi connectivity index (χ4n) is 3.85. The van der Waals surface area contributed by atoms with Gasteiger partial charge in [-0.3, -0.25) is 9.59 Å². The number of amides is 2. The second kappa shape index (κ2) is 8.63. The molecule has 2 amide bonds. The van der Waals surface area contributed by atoms with Gasteiger partial charge in [-0.25, -0.2) is 4.39 Å². The van der Waals surface area contributed by atoms with Gasteiger partial charge >= 0.3 is 0 Å². The van der Waals surface area contributed by atoms with Crippen LogP contribution in [0.2, 0.25) is 0 Å². The van der Waals surface area contributed by atoms with Crippen molar-refractivity contribution in [2.45, 2.75) is 6.10 Å². The predicted molar refractivity (Wildman–Crippen MR) is 119 cm³/mol. The zero-order valence-electron chi connectivity index (χ0n) is 17.2. The minimum Gasteiger partial charge on any atom is -0.485 e. The van der Waals surface area contributed by atoms with Gasteiger partial charge in [0.15, 0.2) is 11.5 Å². The minimum absolute atomic E-state index is 0.0540. The van der Waals surface area contributed by atoms with E-state index >= 15 is 0 Å². The number of hydrogen-bond donors (Lipinski definition) is 0. The Morgan fingerprint density at radius 2 is 1.56 bits per heavy atom. The molecule has 164 valence electrons. The maximum Gasteiger partial charge on any atom is 0.267 e. The first kappa shape index (κ1) is 20.5. The van der Waals surface area contributed by atoms with E-state index in [0.717, 1.165) is 10.4 Å². The fourth-order valence-corrected chi connectivity index (χ4v) is 4.83. The molecule has 0 unspecified atom stereocenters. The highest BCUT2D eigenvalue weighted by Crippen LogP contribution is 2.32. The summed E-state index contributed by atoms with van der Waals surface area (Å²) in [5.41, 5.74) is 0.877. The van der Waals surface area contributed by atoms with E-state index in [1.165, 1.54) is 23.5 Å². The van der Waals surface area contributed by atoms with Crippen LogP contribution in [0.3, 0.4) is 0 Å². The molecule has 0 bridgehead atoms. The summed E-state index contributed by atoms with van der Waals surface area (Å²) >= 11 is 1.39. The number of benzene rings is 2. The van der Waals surface area contributed by atoms with Gasteiger partial charge in [-0.15, -0.1) is 11.3 Å². The van der Waals surface area contributed by atoms with Crippen LogP contribution in [0.15, 0.2) is 60.7 Å². The van der Waals surface area contributed by atoms with E-state index in [1.807, 2.05) is 24.3 Å². The largest absolute Gasteiger partial charge is 0.485 e. The number of piperazine rings is 1. The van der Waals surface area contributed by atoms with E-state index in [2.05, 4.69) is 0 Å². The van der Waals surface area contributed by atoms with Crippen LogP contribution in [0.5, 0.6) is 11.5 Å². The van der Waals surface area contributed by atoms with Gasteiger partial charge in [0.25, 0.3) is 11.8 Å². The monoisotopic (exact) mass is 452 g/mol. The van der Waals surface area contributed by atoms with Gasteiger partial charge in [-0.2, -0.15) is 0 Å². The number of fused-ring (bicyclic) bond motifs is 1. The van der Waals surface area contributed by atoms with Gasteiger partial charge in [-0.05, 0) is 42.0 Å².